The van der Waals surface area contributed by atoms with E-state index < -0.39 is 0 Å². The molecular formula is C26H47N5. The number of rotatable bonds is 5. The maximum atomic E-state index is 6.41. The molecule has 0 aromatic carbocycles. The monoisotopic (exact) mass is 429 g/mol. The van der Waals surface area contributed by atoms with E-state index in [1.807, 2.05) is 11.1 Å². The lowest BCUT2D eigenvalue weighted by Crippen LogP contribution is -2.67. The number of likely N-dealkylation sites (N-methyl/N-ethyl adjacent to an activating group) is 1. The Morgan fingerprint density at radius 2 is 1.97 bits per heavy atom. The van der Waals surface area contributed by atoms with E-state index in [0.717, 1.165) is 25.8 Å². The molecule has 2 saturated heterocycles. The molecule has 2 heterocycles. The van der Waals surface area contributed by atoms with Crippen LogP contribution in [-0.4, -0.2) is 55.1 Å². The molecule has 5 atom stereocenters. The Balaban J connectivity index is 1.42. The summed E-state index contributed by atoms with van der Waals surface area (Å²) in [5.41, 5.74) is 12.4. The van der Waals surface area contributed by atoms with Crippen molar-refractivity contribution in [3.63, 3.8) is 0 Å². The third-order valence-corrected chi connectivity index (χ3v) is 9.37. The molecule has 4 N–H and O–H groups in total. The molecule has 2 fully saturated rings. The third-order valence-electron chi connectivity index (χ3n) is 9.37. The normalized spacial score (nSPS) is 39.5. The summed E-state index contributed by atoms with van der Waals surface area (Å²) in [7, 11) is 2.20. The fourth-order valence-electron chi connectivity index (χ4n) is 6.95. The Morgan fingerprint density at radius 1 is 1.19 bits per heavy atom. The van der Waals surface area contributed by atoms with E-state index in [1.54, 1.807) is 0 Å². The van der Waals surface area contributed by atoms with Gasteiger partial charge in [-0.05, 0) is 75.7 Å². The van der Waals surface area contributed by atoms with Gasteiger partial charge in [0.05, 0.1) is 25.0 Å². The van der Waals surface area contributed by atoms with Gasteiger partial charge in [-0.25, -0.2) is 0 Å². The van der Waals surface area contributed by atoms with E-state index in [2.05, 4.69) is 68.2 Å². The van der Waals surface area contributed by atoms with Crippen LogP contribution >= 0.6 is 0 Å². The molecule has 2 aliphatic carbocycles. The molecule has 0 spiro atoms. The molecule has 0 amide bonds. The summed E-state index contributed by atoms with van der Waals surface area (Å²) in [6.07, 6.45) is 12.1. The first-order valence-electron chi connectivity index (χ1n) is 12.7. The molecule has 4 rings (SSSR count). The summed E-state index contributed by atoms with van der Waals surface area (Å²) < 4.78 is 0. The molecule has 2 aliphatic heterocycles. The van der Waals surface area contributed by atoms with E-state index >= 15 is 0 Å². The van der Waals surface area contributed by atoms with Gasteiger partial charge in [0.1, 0.15) is 0 Å². The van der Waals surface area contributed by atoms with Gasteiger partial charge in [-0.15, -0.1) is 0 Å². The van der Waals surface area contributed by atoms with Crippen LogP contribution < -0.4 is 16.4 Å². The van der Waals surface area contributed by atoms with Crippen LogP contribution in [-0.2, 0) is 0 Å². The van der Waals surface area contributed by atoms with E-state index in [-0.39, 0.29) is 6.17 Å². The maximum Gasteiger partial charge on any atom is 0.0804 e. The van der Waals surface area contributed by atoms with Gasteiger partial charge in [0, 0.05) is 13.2 Å². The van der Waals surface area contributed by atoms with Gasteiger partial charge < -0.3 is 5.73 Å². The van der Waals surface area contributed by atoms with Crippen molar-refractivity contribution in [3.05, 3.63) is 22.8 Å². The second-order valence-corrected chi connectivity index (χ2v) is 11.8. The zero-order valence-corrected chi connectivity index (χ0v) is 20.9. The average molecular weight is 430 g/mol. The Labute approximate surface area is 190 Å². The van der Waals surface area contributed by atoms with Gasteiger partial charge >= 0.3 is 0 Å². The smallest absolute Gasteiger partial charge is 0.0804 e. The first-order chi connectivity index (χ1) is 14.6. The summed E-state index contributed by atoms with van der Waals surface area (Å²) >= 11 is 0. The van der Waals surface area contributed by atoms with Gasteiger partial charge in [-0.1, -0.05) is 50.5 Å². The fourth-order valence-corrected chi connectivity index (χ4v) is 6.95. The fraction of sp³-hybridized carbons (Fsp3) is 0.846. The minimum atomic E-state index is 0.0342. The average Bonchev–Trinajstić information content (AvgIpc) is 3.05. The van der Waals surface area contributed by atoms with Crippen molar-refractivity contribution in [2.45, 2.75) is 97.9 Å². The Hall–Kier alpha value is -0.720. The van der Waals surface area contributed by atoms with Crippen LogP contribution in [0.25, 0.3) is 0 Å². The summed E-state index contributed by atoms with van der Waals surface area (Å²) in [6, 6.07) is 0.330. The Morgan fingerprint density at radius 3 is 2.74 bits per heavy atom. The zero-order valence-electron chi connectivity index (χ0n) is 20.9. The van der Waals surface area contributed by atoms with Crippen molar-refractivity contribution in [2.75, 3.05) is 26.9 Å². The van der Waals surface area contributed by atoms with Gasteiger partial charge in [0.25, 0.3) is 0 Å². The van der Waals surface area contributed by atoms with Crippen LogP contribution in [0.2, 0.25) is 0 Å². The summed E-state index contributed by atoms with van der Waals surface area (Å²) in [5.74, 6) is 0.790. The highest BCUT2D eigenvalue weighted by atomic mass is 15.5. The summed E-state index contributed by atoms with van der Waals surface area (Å²) in [6.45, 7) is 15.2. The highest BCUT2D eigenvalue weighted by Crippen LogP contribution is 2.56. The first-order valence-corrected chi connectivity index (χ1v) is 12.7. The lowest BCUT2D eigenvalue weighted by Gasteiger charge is -2.50. The lowest BCUT2D eigenvalue weighted by molar-refractivity contribution is 0.158. The van der Waals surface area contributed by atoms with E-state index in [4.69, 9.17) is 5.73 Å². The number of fused-ring (bicyclic) bond motifs is 1. The molecule has 0 radical (unpaired) electrons. The van der Waals surface area contributed by atoms with Gasteiger partial charge in [-0.2, -0.15) is 0 Å². The third kappa shape index (κ3) is 4.41. The predicted molar refractivity (Wildman–Crippen MR) is 130 cm³/mol. The first kappa shape index (κ1) is 23.4. The van der Waals surface area contributed by atoms with Crippen LogP contribution in [0, 0.1) is 16.7 Å². The molecule has 5 unspecified atom stereocenters. The second kappa shape index (κ2) is 8.90. The molecule has 5 nitrogen and oxygen atoms in total. The number of nitrogens with zero attached hydrogens (tertiary/aromatic N) is 2. The van der Waals surface area contributed by atoms with Gasteiger partial charge in [-0.3, -0.25) is 20.4 Å². The van der Waals surface area contributed by atoms with Crippen LogP contribution in [0.3, 0.4) is 0 Å². The molecule has 5 heteroatoms. The van der Waals surface area contributed by atoms with Crippen molar-refractivity contribution in [1.29, 1.82) is 0 Å². The van der Waals surface area contributed by atoms with E-state index in [1.165, 1.54) is 50.5 Å². The van der Waals surface area contributed by atoms with Crippen molar-refractivity contribution < 1.29 is 0 Å². The predicted octanol–water partition coefficient (Wildman–Crippen LogP) is 3.99. The molecule has 31 heavy (non-hydrogen) atoms. The van der Waals surface area contributed by atoms with Crippen molar-refractivity contribution >= 4 is 0 Å². The topological polar surface area (TPSA) is 56.6 Å². The van der Waals surface area contributed by atoms with E-state index in [9.17, 15) is 0 Å². The minimum absolute atomic E-state index is 0.0342. The van der Waals surface area contributed by atoms with Crippen molar-refractivity contribution in [3.8, 4) is 0 Å². The van der Waals surface area contributed by atoms with Crippen molar-refractivity contribution in [2.24, 2.45) is 22.5 Å². The van der Waals surface area contributed by atoms with Gasteiger partial charge in [0.15, 0.2) is 0 Å². The van der Waals surface area contributed by atoms with Crippen LogP contribution in [0.15, 0.2) is 22.8 Å². The van der Waals surface area contributed by atoms with E-state index in [0.29, 0.717) is 23.0 Å². The molecule has 176 valence electrons. The second-order valence-electron chi connectivity index (χ2n) is 11.8. The number of nitrogens with one attached hydrogen (secondary N) is 2. The number of allylic oxidation sites excluding steroid dienone is 3. The van der Waals surface area contributed by atoms with Gasteiger partial charge in [0.2, 0.25) is 0 Å². The Kier molecular flexibility index (Phi) is 6.73. The molecule has 0 aromatic heterocycles. The molecular weight excluding hydrogens is 382 g/mol. The van der Waals surface area contributed by atoms with Crippen LogP contribution in [0.4, 0.5) is 0 Å². The number of nitrogens with two attached hydrogens (primary N) is 1. The number of hydrogen-bond acceptors (Lipinski definition) is 5. The highest BCUT2D eigenvalue weighted by molar-refractivity contribution is 5.32. The SMILES string of the molecule is CC(=CCN1CN(C)C2NCNC(N)C21)CCC1(C)C2=C(CCC1C)C(C)(C)CCC2. The van der Waals surface area contributed by atoms with Crippen LogP contribution in [0.5, 0.6) is 0 Å². The quantitative estimate of drug-likeness (QED) is 0.577. The maximum absolute atomic E-state index is 6.41. The Bertz CT molecular complexity index is 725. The summed E-state index contributed by atoms with van der Waals surface area (Å²) in [4.78, 5) is 4.91. The lowest BCUT2D eigenvalue weighted by atomic mass is 9.55. The largest absolute Gasteiger partial charge is 0.314 e. The standard InChI is InChI=1S/C26H47N5/c1-18(12-15-31-17-30(6)24-22(31)23(27)28-16-29-24)11-14-26(5)19(2)9-10-20-21(26)8-7-13-25(20,3)4/h12,19,22-24,28-29H,7-11,13-17,27H2,1-6H3. The minimum Gasteiger partial charge on any atom is -0.314 e. The molecule has 0 bridgehead atoms. The summed E-state index contributed by atoms with van der Waals surface area (Å²) in [5, 5.41) is 6.93. The van der Waals surface area contributed by atoms with Crippen LogP contribution in [0.1, 0.15) is 79.6 Å². The molecule has 0 saturated carbocycles. The molecule has 4 aliphatic rings. The molecule has 0 aromatic rings. The highest BCUT2D eigenvalue weighted by Gasteiger charge is 2.45. The number of hydrogen-bond donors (Lipinski definition) is 3. The zero-order chi connectivity index (χ0) is 22.4. The van der Waals surface area contributed by atoms with Crippen molar-refractivity contribution in [1.82, 2.24) is 20.4 Å².